The molecule has 0 aliphatic carbocycles. The Labute approximate surface area is 113 Å². The van der Waals surface area contributed by atoms with Gasteiger partial charge in [-0.1, -0.05) is 19.1 Å². The van der Waals surface area contributed by atoms with E-state index in [1.54, 1.807) is 12.1 Å². The molecule has 1 aromatic rings. The number of nitrogens with zero attached hydrogens (tertiary/aromatic N) is 2. The Morgan fingerprint density at radius 1 is 1.53 bits per heavy atom. The Hall–Kier alpha value is -1.44. The molecule has 0 spiro atoms. The lowest BCUT2D eigenvalue weighted by Gasteiger charge is -2.38. The van der Waals surface area contributed by atoms with E-state index in [9.17, 15) is 4.39 Å². The van der Waals surface area contributed by atoms with Gasteiger partial charge in [-0.15, -0.1) is 0 Å². The van der Waals surface area contributed by atoms with Crippen LogP contribution in [0.15, 0.2) is 18.2 Å². The smallest absolute Gasteiger partial charge is 0.145 e. The zero-order chi connectivity index (χ0) is 13.8. The van der Waals surface area contributed by atoms with Crippen molar-refractivity contribution in [3.8, 4) is 6.07 Å². The largest absolute Gasteiger partial charge is 0.376 e. The van der Waals surface area contributed by atoms with Crippen LogP contribution in [0.25, 0.3) is 0 Å². The molecule has 2 atom stereocenters. The molecule has 0 saturated carbocycles. The number of benzene rings is 1. The first-order chi connectivity index (χ1) is 9.15. The first-order valence-corrected chi connectivity index (χ1v) is 6.68. The van der Waals surface area contributed by atoms with Crippen molar-refractivity contribution in [1.29, 1.82) is 5.26 Å². The summed E-state index contributed by atoms with van der Waals surface area (Å²) >= 11 is 0. The average Bonchev–Trinajstić information content (AvgIpc) is 2.41. The van der Waals surface area contributed by atoms with Gasteiger partial charge < -0.3 is 4.74 Å². The van der Waals surface area contributed by atoms with E-state index in [1.165, 1.54) is 6.07 Å². The Bertz CT molecular complexity index is 484. The van der Waals surface area contributed by atoms with Crippen molar-refractivity contribution in [2.24, 2.45) is 0 Å². The summed E-state index contributed by atoms with van der Waals surface area (Å²) in [5, 5.41) is 8.87. The van der Waals surface area contributed by atoms with E-state index in [0.717, 1.165) is 13.0 Å². The monoisotopic (exact) mass is 262 g/mol. The van der Waals surface area contributed by atoms with Gasteiger partial charge in [0, 0.05) is 24.7 Å². The molecule has 2 unspecified atom stereocenters. The first kappa shape index (κ1) is 14.0. The van der Waals surface area contributed by atoms with Gasteiger partial charge in [-0.25, -0.2) is 4.39 Å². The van der Waals surface area contributed by atoms with Crippen LogP contribution in [0.3, 0.4) is 0 Å². The molecule has 4 heteroatoms. The van der Waals surface area contributed by atoms with Crippen LogP contribution in [0.2, 0.25) is 0 Å². The fraction of sp³-hybridized carbons (Fsp3) is 0.533. The van der Waals surface area contributed by atoms with Crippen LogP contribution in [0.1, 0.15) is 31.4 Å². The summed E-state index contributed by atoms with van der Waals surface area (Å²) in [6.07, 6.45) is 1.15. The molecule has 1 heterocycles. The Morgan fingerprint density at radius 2 is 2.32 bits per heavy atom. The topological polar surface area (TPSA) is 36.3 Å². The summed E-state index contributed by atoms with van der Waals surface area (Å²) in [5.41, 5.74) is 0.707. The minimum absolute atomic E-state index is 0.117. The molecule has 1 fully saturated rings. The van der Waals surface area contributed by atoms with Gasteiger partial charge in [-0.2, -0.15) is 5.26 Å². The SMILES string of the molecule is CCC1COC(C)CN1Cc1cccc(C#N)c1F. The normalized spacial score (nSPS) is 24.1. The summed E-state index contributed by atoms with van der Waals surface area (Å²) in [6, 6.07) is 7.21. The molecule has 2 rings (SSSR count). The molecule has 0 N–H and O–H groups in total. The summed E-state index contributed by atoms with van der Waals surface area (Å²) in [6.45, 7) is 6.17. The number of nitriles is 1. The highest BCUT2D eigenvalue weighted by Crippen LogP contribution is 2.20. The number of halogens is 1. The minimum atomic E-state index is -0.390. The zero-order valence-corrected chi connectivity index (χ0v) is 11.4. The minimum Gasteiger partial charge on any atom is -0.376 e. The van der Waals surface area contributed by atoms with Crippen molar-refractivity contribution in [3.05, 3.63) is 35.1 Å². The average molecular weight is 262 g/mol. The van der Waals surface area contributed by atoms with E-state index in [1.807, 2.05) is 13.0 Å². The standard InChI is InChI=1S/C15H19FN2O/c1-3-14-10-19-11(2)8-18(14)9-13-6-4-5-12(7-17)15(13)16/h4-6,11,14H,3,8-10H2,1-2H3. The van der Waals surface area contributed by atoms with Crippen molar-refractivity contribution in [3.63, 3.8) is 0 Å². The maximum absolute atomic E-state index is 14.1. The van der Waals surface area contributed by atoms with Gasteiger partial charge in [0.25, 0.3) is 0 Å². The quantitative estimate of drug-likeness (QED) is 0.840. The van der Waals surface area contributed by atoms with Gasteiger partial charge in [0.1, 0.15) is 11.9 Å². The third kappa shape index (κ3) is 3.12. The van der Waals surface area contributed by atoms with Crippen molar-refractivity contribution >= 4 is 0 Å². The summed E-state index contributed by atoms with van der Waals surface area (Å²) in [7, 11) is 0. The molecule has 1 aliphatic heterocycles. The van der Waals surface area contributed by atoms with Gasteiger partial charge in [-0.3, -0.25) is 4.90 Å². The van der Waals surface area contributed by atoms with Gasteiger partial charge in [0.15, 0.2) is 0 Å². The highest BCUT2D eigenvalue weighted by Gasteiger charge is 2.26. The fourth-order valence-corrected chi connectivity index (χ4v) is 2.49. The Kier molecular flexibility index (Phi) is 4.52. The highest BCUT2D eigenvalue weighted by molar-refractivity contribution is 5.34. The lowest BCUT2D eigenvalue weighted by Crippen LogP contribution is -2.48. The first-order valence-electron chi connectivity index (χ1n) is 6.68. The van der Waals surface area contributed by atoms with Gasteiger partial charge >= 0.3 is 0 Å². The molecular weight excluding hydrogens is 243 g/mol. The van der Waals surface area contributed by atoms with Crippen LogP contribution in [-0.4, -0.2) is 30.2 Å². The van der Waals surface area contributed by atoms with Gasteiger partial charge in [0.2, 0.25) is 0 Å². The molecule has 1 aromatic carbocycles. The van der Waals surface area contributed by atoms with E-state index < -0.39 is 0 Å². The Balaban J connectivity index is 2.17. The van der Waals surface area contributed by atoms with Crippen LogP contribution in [-0.2, 0) is 11.3 Å². The highest BCUT2D eigenvalue weighted by atomic mass is 19.1. The van der Waals surface area contributed by atoms with Crippen LogP contribution in [0.5, 0.6) is 0 Å². The van der Waals surface area contributed by atoms with Crippen molar-refractivity contribution in [1.82, 2.24) is 4.90 Å². The molecule has 1 saturated heterocycles. The van der Waals surface area contributed by atoms with Crippen LogP contribution in [0, 0.1) is 17.1 Å². The van der Waals surface area contributed by atoms with E-state index >= 15 is 0 Å². The number of rotatable bonds is 3. The van der Waals surface area contributed by atoms with Crippen LogP contribution >= 0.6 is 0 Å². The van der Waals surface area contributed by atoms with Crippen molar-refractivity contribution in [2.45, 2.75) is 39.0 Å². The van der Waals surface area contributed by atoms with Gasteiger partial charge in [0.05, 0.1) is 18.3 Å². The number of morpholine rings is 1. The molecule has 1 aliphatic rings. The molecule has 0 radical (unpaired) electrons. The lowest BCUT2D eigenvalue weighted by molar-refractivity contribution is -0.0595. The molecule has 3 nitrogen and oxygen atoms in total. The predicted molar refractivity (Wildman–Crippen MR) is 71.0 cm³/mol. The van der Waals surface area contributed by atoms with E-state index in [-0.39, 0.29) is 17.5 Å². The molecule has 0 bridgehead atoms. The third-order valence-corrected chi connectivity index (χ3v) is 3.62. The molecule has 102 valence electrons. The molecular formula is C15H19FN2O. The fourth-order valence-electron chi connectivity index (χ4n) is 2.49. The van der Waals surface area contributed by atoms with Crippen molar-refractivity contribution in [2.75, 3.05) is 13.2 Å². The maximum Gasteiger partial charge on any atom is 0.145 e. The predicted octanol–water partition coefficient (Wildman–Crippen LogP) is 2.70. The second kappa shape index (κ2) is 6.14. The zero-order valence-electron chi connectivity index (χ0n) is 11.4. The summed E-state index contributed by atoms with van der Waals surface area (Å²) < 4.78 is 19.7. The molecule has 19 heavy (non-hydrogen) atoms. The van der Waals surface area contributed by atoms with Crippen LogP contribution < -0.4 is 0 Å². The lowest BCUT2D eigenvalue weighted by atomic mass is 10.1. The second-order valence-electron chi connectivity index (χ2n) is 5.03. The number of ether oxygens (including phenoxy) is 1. The molecule has 0 amide bonds. The van der Waals surface area contributed by atoms with Crippen molar-refractivity contribution < 1.29 is 9.13 Å². The summed E-state index contributed by atoms with van der Waals surface area (Å²) in [5.74, 6) is -0.390. The van der Waals surface area contributed by atoms with Gasteiger partial charge in [-0.05, 0) is 19.4 Å². The van der Waals surface area contributed by atoms with Crippen LogP contribution in [0.4, 0.5) is 4.39 Å². The number of hydrogen-bond donors (Lipinski definition) is 0. The summed E-state index contributed by atoms with van der Waals surface area (Å²) in [4.78, 5) is 2.24. The molecule has 0 aromatic heterocycles. The van der Waals surface area contributed by atoms with E-state index in [0.29, 0.717) is 24.8 Å². The maximum atomic E-state index is 14.1. The second-order valence-corrected chi connectivity index (χ2v) is 5.03. The number of hydrogen-bond acceptors (Lipinski definition) is 3. The van der Waals surface area contributed by atoms with E-state index in [2.05, 4.69) is 11.8 Å². The third-order valence-electron chi connectivity index (χ3n) is 3.62. The Morgan fingerprint density at radius 3 is 3.00 bits per heavy atom. The van der Waals surface area contributed by atoms with E-state index in [4.69, 9.17) is 10.00 Å².